The van der Waals surface area contributed by atoms with Crippen LogP contribution in [0.25, 0.3) is 11.6 Å². The van der Waals surface area contributed by atoms with Crippen LogP contribution in [0.5, 0.6) is 0 Å². The van der Waals surface area contributed by atoms with Crippen LogP contribution in [0.15, 0.2) is 59.6 Å². The molecule has 0 amide bonds. The highest BCUT2D eigenvalue weighted by atomic mass is 32.1. The van der Waals surface area contributed by atoms with E-state index < -0.39 is 17.3 Å². The molecule has 0 atom stereocenters. The zero-order chi connectivity index (χ0) is 24.2. The summed E-state index contributed by atoms with van der Waals surface area (Å²) < 4.78 is 28.6. The highest BCUT2D eigenvalue weighted by Crippen LogP contribution is 2.34. The summed E-state index contributed by atoms with van der Waals surface area (Å²) in [5.74, 6) is 5.94. The van der Waals surface area contributed by atoms with Crippen LogP contribution >= 0.6 is 12.2 Å². The topological polar surface area (TPSA) is 12.4 Å². The molecule has 0 unspecified atom stereocenters. The van der Waals surface area contributed by atoms with Gasteiger partial charge in [-0.15, -0.1) is 0 Å². The smallest absolute Gasteiger partial charge is 0.153 e. The second-order valence-electron chi connectivity index (χ2n) is 9.38. The van der Waals surface area contributed by atoms with Crippen LogP contribution < -0.4 is 0 Å². The Bertz CT molecular complexity index is 1370. The Labute approximate surface area is 210 Å². The van der Waals surface area contributed by atoms with Gasteiger partial charge in [0.15, 0.2) is 11.6 Å². The number of aryl methyl sites for hydroxylation is 1. The van der Waals surface area contributed by atoms with Crippen molar-refractivity contribution in [2.45, 2.75) is 44.9 Å². The number of benzene rings is 3. The lowest BCUT2D eigenvalue weighted by atomic mass is 9.87. The number of fused-ring (bicyclic) bond motifs is 1. The number of rotatable bonds is 4. The maximum atomic E-state index is 14.3. The Hall–Kier alpha value is -3.38. The molecule has 2 aliphatic carbocycles. The Morgan fingerprint density at radius 3 is 2.26 bits per heavy atom. The highest BCUT2D eigenvalue weighted by Gasteiger charge is 2.17. The molecule has 5 rings (SSSR count). The summed E-state index contributed by atoms with van der Waals surface area (Å²) in [4.78, 5) is 3.48. The summed E-state index contributed by atoms with van der Waals surface area (Å²) in [6.45, 7) is 0. The van der Waals surface area contributed by atoms with Crippen molar-refractivity contribution in [1.29, 1.82) is 0 Å². The van der Waals surface area contributed by atoms with Gasteiger partial charge < -0.3 is 0 Å². The second kappa shape index (κ2) is 10.5. The zero-order valence-corrected chi connectivity index (χ0v) is 20.2. The average Bonchev–Trinajstić information content (AvgIpc) is 3.38. The van der Waals surface area contributed by atoms with Gasteiger partial charge in [0.05, 0.1) is 5.16 Å². The minimum atomic E-state index is -0.735. The molecule has 0 aromatic heterocycles. The third-order valence-corrected chi connectivity index (χ3v) is 7.08. The summed E-state index contributed by atoms with van der Waals surface area (Å²) in [6.07, 6.45) is 10.1. The van der Waals surface area contributed by atoms with Crippen molar-refractivity contribution in [1.82, 2.24) is 0 Å². The maximum absolute atomic E-state index is 14.3. The first-order valence-corrected chi connectivity index (χ1v) is 12.5. The number of aliphatic imine (C=N–C) groups is 1. The van der Waals surface area contributed by atoms with Gasteiger partial charge in [0, 0.05) is 11.1 Å². The van der Waals surface area contributed by atoms with E-state index in [4.69, 9.17) is 0 Å². The van der Waals surface area contributed by atoms with Crippen molar-refractivity contribution in [2.24, 2.45) is 10.9 Å². The molecule has 1 saturated carbocycles. The minimum absolute atomic E-state index is 0.396. The molecule has 0 N–H and O–H groups in total. The van der Waals surface area contributed by atoms with Gasteiger partial charge in [-0.2, -0.15) is 4.99 Å². The summed E-state index contributed by atoms with van der Waals surface area (Å²) in [6, 6.07) is 17.4. The van der Waals surface area contributed by atoms with Gasteiger partial charge >= 0.3 is 0 Å². The molecule has 0 bridgehead atoms. The molecule has 1 fully saturated rings. The fourth-order valence-corrected chi connectivity index (χ4v) is 5.21. The molecule has 0 spiro atoms. The third-order valence-electron chi connectivity index (χ3n) is 6.99. The van der Waals surface area contributed by atoms with Gasteiger partial charge in [0.2, 0.25) is 0 Å². The Balaban J connectivity index is 1.31. The van der Waals surface area contributed by atoms with Crippen LogP contribution in [0.4, 0.5) is 14.5 Å². The van der Waals surface area contributed by atoms with E-state index in [1.807, 2.05) is 23.4 Å². The molecule has 0 radical (unpaired) electrons. The predicted molar refractivity (Wildman–Crippen MR) is 142 cm³/mol. The lowest BCUT2D eigenvalue weighted by molar-refractivity contribution is 0.546. The van der Waals surface area contributed by atoms with Gasteiger partial charge in [-0.25, -0.2) is 8.78 Å². The SMILES string of the molecule is Fc1cc(C2=Cc3ccc(C#Cc4ccc(CC5CCCC5)cc4)cc3CC2)cc(F)c1N=C=S. The molecule has 35 heavy (non-hydrogen) atoms. The predicted octanol–water partition coefficient (Wildman–Crippen LogP) is 8.32. The van der Waals surface area contributed by atoms with Gasteiger partial charge in [-0.1, -0.05) is 61.8 Å². The van der Waals surface area contributed by atoms with Gasteiger partial charge in [0.1, 0.15) is 5.69 Å². The van der Waals surface area contributed by atoms with E-state index in [-0.39, 0.29) is 0 Å². The molecule has 3 aromatic carbocycles. The quantitative estimate of drug-likeness (QED) is 0.207. The van der Waals surface area contributed by atoms with Gasteiger partial charge in [-0.05, 0) is 102 Å². The van der Waals surface area contributed by atoms with Gasteiger partial charge in [-0.3, -0.25) is 0 Å². The number of hydrogen-bond donors (Lipinski definition) is 0. The first kappa shape index (κ1) is 23.4. The minimum Gasteiger partial charge on any atom is -0.204 e. The van der Waals surface area contributed by atoms with Crippen molar-refractivity contribution in [3.05, 3.63) is 99.6 Å². The van der Waals surface area contributed by atoms with Crippen molar-refractivity contribution in [3.63, 3.8) is 0 Å². The third kappa shape index (κ3) is 5.49. The van der Waals surface area contributed by atoms with E-state index in [9.17, 15) is 8.78 Å². The number of thiocarbonyl (C=S) groups is 1. The standard InChI is InChI=1S/C31H25F2NS/c32-29-18-28(19-30(33)31(29)34-20-35)27-14-13-25-16-24(11-12-26(25)17-27)10-7-21-5-8-23(9-6-21)15-22-3-1-2-4-22/h5-6,8-9,11-12,16-19,22H,1-4,13-15H2. The molecule has 174 valence electrons. The molecule has 0 aliphatic heterocycles. The number of nitrogens with zero attached hydrogens (tertiary/aromatic N) is 1. The van der Waals surface area contributed by atoms with E-state index >= 15 is 0 Å². The van der Waals surface area contributed by atoms with E-state index in [0.29, 0.717) is 12.0 Å². The fraction of sp³-hybridized carbons (Fsp3) is 0.258. The summed E-state index contributed by atoms with van der Waals surface area (Å²) in [7, 11) is 0. The number of isothiocyanates is 1. The monoisotopic (exact) mass is 481 g/mol. The van der Waals surface area contributed by atoms with Crippen LogP contribution in [0.1, 0.15) is 65.5 Å². The van der Waals surface area contributed by atoms with Crippen LogP contribution in [0.3, 0.4) is 0 Å². The zero-order valence-electron chi connectivity index (χ0n) is 19.4. The van der Waals surface area contributed by atoms with Crippen LogP contribution in [-0.2, 0) is 12.8 Å². The Kier molecular flexibility index (Phi) is 7.00. The fourth-order valence-electron chi connectivity index (χ4n) is 5.12. The molecule has 0 heterocycles. The first-order valence-electron chi connectivity index (χ1n) is 12.1. The summed E-state index contributed by atoms with van der Waals surface area (Å²) in [5, 5.41) is 2.02. The van der Waals surface area contributed by atoms with E-state index in [2.05, 4.69) is 59.4 Å². The summed E-state index contributed by atoms with van der Waals surface area (Å²) >= 11 is 4.47. The first-order chi connectivity index (χ1) is 17.1. The van der Waals surface area contributed by atoms with E-state index in [1.165, 1.54) is 55.4 Å². The molecule has 0 saturated heterocycles. The Morgan fingerprint density at radius 2 is 1.54 bits per heavy atom. The lowest BCUT2D eigenvalue weighted by Gasteiger charge is -2.17. The van der Waals surface area contributed by atoms with Crippen molar-refractivity contribution >= 4 is 34.7 Å². The Morgan fingerprint density at radius 1 is 0.857 bits per heavy atom. The van der Waals surface area contributed by atoms with Crippen molar-refractivity contribution in [2.75, 3.05) is 0 Å². The molecule has 2 aliphatic rings. The van der Waals surface area contributed by atoms with Crippen molar-refractivity contribution in [3.8, 4) is 11.8 Å². The molecular weight excluding hydrogens is 456 g/mol. The van der Waals surface area contributed by atoms with Crippen LogP contribution in [-0.4, -0.2) is 5.16 Å². The molecular formula is C31H25F2NS. The van der Waals surface area contributed by atoms with Crippen molar-refractivity contribution < 1.29 is 8.78 Å². The van der Waals surface area contributed by atoms with E-state index in [1.54, 1.807) is 0 Å². The number of allylic oxidation sites excluding steroid dienone is 1. The number of hydrogen-bond acceptors (Lipinski definition) is 2. The highest BCUT2D eigenvalue weighted by molar-refractivity contribution is 7.78. The molecule has 3 aromatic rings. The largest absolute Gasteiger partial charge is 0.204 e. The number of halogens is 2. The molecule has 4 heteroatoms. The lowest BCUT2D eigenvalue weighted by Crippen LogP contribution is -2.00. The molecule has 1 nitrogen and oxygen atoms in total. The second-order valence-corrected chi connectivity index (χ2v) is 9.56. The maximum Gasteiger partial charge on any atom is 0.153 e. The average molecular weight is 482 g/mol. The van der Waals surface area contributed by atoms with E-state index in [0.717, 1.165) is 34.6 Å². The van der Waals surface area contributed by atoms with Crippen LogP contribution in [0.2, 0.25) is 0 Å². The van der Waals surface area contributed by atoms with Crippen LogP contribution in [0, 0.1) is 29.4 Å². The van der Waals surface area contributed by atoms with Gasteiger partial charge in [0.25, 0.3) is 0 Å². The summed E-state index contributed by atoms with van der Waals surface area (Å²) in [5.41, 5.74) is 6.65. The normalized spacial score (nSPS) is 15.0.